The van der Waals surface area contributed by atoms with E-state index in [1.807, 2.05) is 39.8 Å². The minimum atomic E-state index is -0.548. The Morgan fingerprint density at radius 3 is 2.59 bits per heavy atom. The summed E-state index contributed by atoms with van der Waals surface area (Å²) in [5.41, 5.74) is -0.980. The zero-order valence-corrected chi connectivity index (χ0v) is 11.0. The molecule has 1 atom stereocenters. The Morgan fingerprint density at radius 2 is 2.18 bits per heavy atom. The van der Waals surface area contributed by atoms with Crippen molar-refractivity contribution in [1.82, 2.24) is 0 Å². The van der Waals surface area contributed by atoms with Crippen molar-refractivity contribution >= 4 is 5.97 Å². The zero-order valence-electron chi connectivity index (χ0n) is 11.0. The Hall–Kier alpha value is -1.25. The summed E-state index contributed by atoms with van der Waals surface area (Å²) in [4.78, 5) is 12.2. The fraction of sp³-hybridized carbons (Fsp3) is 0.643. The van der Waals surface area contributed by atoms with Crippen LogP contribution in [-0.2, 0) is 21.6 Å². The van der Waals surface area contributed by atoms with Gasteiger partial charge in [-0.1, -0.05) is 13.8 Å². The number of fused-ring (bicyclic) bond motifs is 2. The molecule has 0 aliphatic carbocycles. The standard InChI is InChI=1S/C14H20O3/c1-5-13(3,4)12(15)17-14(6-2)9-10-7-8-11(14)16-10/h7-8H,5-6,9H2,1-4H3. The highest BCUT2D eigenvalue weighted by Crippen LogP contribution is 2.42. The van der Waals surface area contributed by atoms with Crippen molar-refractivity contribution in [3.8, 4) is 0 Å². The van der Waals surface area contributed by atoms with Crippen molar-refractivity contribution in [3.63, 3.8) is 0 Å². The summed E-state index contributed by atoms with van der Waals surface area (Å²) in [6.45, 7) is 7.86. The average Bonchev–Trinajstić information content (AvgIpc) is 2.89. The minimum absolute atomic E-state index is 0.139. The van der Waals surface area contributed by atoms with Crippen LogP contribution in [-0.4, -0.2) is 5.97 Å². The van der Waals surface area contributed by atoms with Gasteiger partial charge >= 0.3 is 5.97 Å². The SMILES string of the molecule is CCC(C)(C)C(=O)OC1(CC)Cc2ccc1o2. The summed E-state index contributed by atoms with van der Waals surface area (Å²) < 4.78 is 11.3. The van der Waals surface area contributed by atoms with E-state index in [1.165, 1.54) is 0 Å². The van der Waals surface area contributed by atoms with Gasteiger partial charge in [-0.05, 0) is 38.8 Å². The second-order valence-corrected chi connectivity index (χ2v) is 5.42. The second kappa shape index (κ2) is 3.90. The average molecular weight is 236 g/mol. The maximum Gasteiger partial charge on any atom is 0.312 e. The Bertz CT molecular complexity index is 430. The third kappa shape index (κ3) is 1.88. The monoisotopic (exact) mass is 236 g/mol. The van der Waals surface area contributed by atoms with Crippen LogP contribution in [0.1, 0.15) is 52.1 Å². The van der Waals surface area contributed by atoms with E-state index in [9.17, 15) is 4.79 Å². The predicted molar refractivity (Wildman–Crippen MR) is 64.5 cm³/mol. The lowest BCUT2D eigenvalue weighted by molar-refractivity contribution is -0.173. The molecule has 3 heteroatoms. The molecule has 17 heavy (non-hydrogen) atoms. The van der Waals surface area contributed by atoms with Crippen LogP contribution in [0.15, 0.2) is 16.5 Å². The Balaban J connectivity index is 2.18. The maximum atomic E-state index is 12.2. The van der Waals surface area contributed by atoms with Crippen molar-refractivity contribution in [3.05, 3.63) is 23.7 Å². The first-order valence-electron chi connectivity index (χ1n) is 6.26. The minimum Gasteiger partial charge on any atom is -0.462 e. The molecule has 0 fully saturated rings. The number of ether oxygens (including phenoxy) is 1. The van der Waals surface area contributed by atoms with Crippen molar-refractivity contribution in [1.29, 1.82) is 0 Å². The quantitative estimate of drug-likeness (QED) is 0.752. The van der Waals surface area contributed by atoms with E-state index >= 15 is 0 Å². The first kappa shape index (κ1) is 12.2. The molecule has 1 aliphatic heterocycles. The summed E-state index contributed by atoms with van der Waals surface area (Å²) in [7, 11) is 0. The van der Waals surface area contributed by atoms with Gasteiger partial charge < -0.3 is 9.15 Å². The van der Waals surface area contributed by atoms with Crippen molar-refractivity contribution < 1.29 is 13.9 Å². The Morgan fingerprint density at radius 1 is 1.47 bits per heavy atom. The number of hydrogen-bond donors (Lipinski definition) is 0. The van der Waals surface area contributed by atoms with Crippen LogP contribution in [0.5, 0.6) is 0 Å². The molecule has 1 unspecified atom stereocenters. The molecule has 0 saturated carbocycles. The van der Waals surface area contributed by atoms with Crippen LogP contribution in [0.2, 0.25) is 0 Å². The van der Waals surface area contributed by atoms with Gasteiger partial charge in [0.05, 0.1) is 11.8 Å². The molecule has 2 bridgehead atoms. The van der Waals surface area contributed by atoms with Gasteiger partial charge in [0.15, 0.2) is 5.60 Å². The third-order valence-electron chi connectivity index (χ3n) is 3.87. The number of rotatable bonds is 4. The van der Waals surface area contributed by atoms with Crippen molar-refractivity contribution in [2.45, 2.75) is 52.6 Å². The highest BCUT2D eigenvalue weighted by Gasteiger charge is 2.45. The van der Waals surface area contributed by atoms with Gasteiger partial charge in [0.1, 0.15) is 11.5 Å². The van der Waals surface area contributed by atoms with E-state index in [0.717, 1.165) is 24.4 Å². The molecule has 3 nitrogen and oxygen atoms in total. The van der Waals surface area contributed by atoms with E-state index in [0.29, 0.717) is 6.42 Å². The van der Waals surface area contributed by atoms with E-state index in [4.69, 9.17) is 9.15 Å². The third-order valence-corrected chi connectivity index (χ3v) is 3.87. The topological polar surface area (TPSA) is 39.4 Å². The van der Waals surface area contributed by atoms with Crippen molar-refractivity contribution in [2.24, 2.45) is 5.41 Å². The molecule has 94 valence electrons. The van der Waals surface area contributed by atoms with Crippen LogP contribution < -0.4 is 0 Å². The molecule has 0 saturated heterocycles. The van der Waals surface area contributed by atoms with E-state index in [-0.39, 0.29) is 5.97 Å². The van der Waals surface area contributed by atoms with Gasteiger partial charge in [-0.2, -0.15) is 0 Å². The second-order valence-electron chi connectivity index (χ2n) is 5.42. The van der Waals surface area contributed by atoms with E-state index in [2.05, 4.69) is 0 Å². The summed E-state index contributed by atoms with van der Waals surface area (Å²) in [5, 5.41) is 0. The van der Waals surface area contributed by atoms with Gasteiger partial charge in [-0.15, -0.1) is 0 Å². The Labute approximate surface area is 102 Å². The number of esters is 1. The number of furan rings is 1. The molecule has 0 aromatic carbocycles. The van der Waals surface area contributed by atoms with Gasteiger partial charge in [-0.3, -0.25) is 4.79 Å². The van der Waals surface area contributed by atoms with Crippen LogP contribution >= 0.6 is 0 Å². The molecule has 0 N–H and O–H groups in total. The van der Waals surface area contributed by atoms with Crippen LogP contribution in [0.25, 0.3) is 0 Å². The fourth-order valence-corrected chi connectivity index (χ4v) is 2.00. The molecule has 1 aromatic heterocycles. The van der Waals surface area contributed by atoms with E-state index in [1.54, 1.807) is 0 Å². The molecule has 0 spiro atoms. The number of carbonyl (C=O) groups is 1. The largest absolute Gasteiger partial charge is 0.462 e. The zero-order chi connectivity index (χ0) is 12.7. The lowest BCUT2D eigenvalue weighted by Crippen LogP contribution is -2.37. The van der Waals surface area contributed by atoms with E-state index < -0.39 is 11.0 Å². The highest BCUT2D eigenvalue weighted by molar-refractivity contribution is 5.76. The fourth-order valence-electron chi connectivity index (χ4n) is 2.00. The molecule has 2 heterocycles. The van der Waals surface area contributed by atoms with Gasteiger partial charge in [-0.25, -0.2) is 0 Å². The van der Waals surface area contributed by atoms with Crippen LogP contribution in [0, 0.1) is 5.41 Å². The van der Waals surface area contributed by atoms with Crippen molar-refractivity contribution in [2.75, 3.05) is 0 Å². The summed E-state index contributed by atoms with van der Waals surface area (Å²) >= 11 is 0. The van der Waals surface area contributed by atoms with Crippen LogP contribution in [0.4, 0.5) is 0 Å². The molecule has 1 aliphatic rings. The number of hydrogen-bond acceptors (Lipinski definition) is 3. The smallest absolute Gasteiger partial charge is 0.312 e. The molecule has 1 aromatic rings. The highest BCUT2D eigenvalue weighted by atomic mass is 16.6. The number of carbonyl (C=O) groups excluding carboxylic acids is 1. The molecule has 2 rings (SSSR count). The summed E-state index contributed by atoms with van der Waals surface area (Å²) in [5.74, 6) is 1.55. The lowest BCUT2D eigenvalue weighted by Gasteiger charge is -2.31. The first-order valence-corrected chi connectivity index (χ1v) is 6.26. The Kier molecular flexibility index (Phi) is 2.80. The maximum absolute atomic E-state index is 12.2. The normalized spacial score (nSPS) is 22.8. The molecular formula is C14H20O3. The van der Waals surface area contributed by atoms with Gasteiger partial charge in [0.2, 0.25) is 0 Å². The van der Waals surface area contributed by atoms with Gasteiger partial charge in [0.25, 0.3) is 0 Å². The summed E-state index contributed by atoms with van der Waals surface area (Å²) in [6, 6.07) is 3.86. The lowest BCUT2D eigenvalue weighted by atomic mass is 9.87. The van der Waals surface area contributed by atoms with Gasteiger partial charge in [0, 0.05) is 0 Å². The first-order chi connectivity index (χ1) is 7.93. The predicted octanol–water partition coefficient (Wildman–Crippen LogP) is 3.42. The summed E-state index contributed by atoms with van der Waals surface area (Å²) in [6.07, 6.45) is 2.21. The molecular weight excluding hydrogens is 216 g/mol. The molecule has 0 radical (unpaired) electrons. The molecule has 0 amide bonds. The van der Waals surface area contributed by atoms with Crippen LogP contribution in [0.3, 0.4) is 0 Å².